The molecule has 0 bridgehead atoms. The molecular formula is C14H20ClFN2O3S. The van der Waals surface area contributed by atoms with Crippen molar-refractivity contribution >= 4 is 28.2 Å². The van der Waals surface area contributed by atoms with Gasteiger partial charge in [-0.25, -0.2) is 12.8 Å². The van der Waals surface area contributed by atoms with Crippen molar-refractivity contribution in [3.63, 3.8) is 0 Å². The van der Waals surface area contributed by atoms with Crippen molar-refractivity contribution < 1.29 is 17.6 Å². The minimum atomic E-state index is -3.62. The molecule has 5 nitrogen and oxygen atoms in total. The van der Waals surface area contributed by atoms with E-state index in [4.69, 9.17) is 0 Å². The van der Waals surface area contributed by atoms with Crippen molar-refractivity contribution in [1.29, 1.82) is 0 Å². The zero-order valence-corrected chi connectivity index (χ0v) is 13.9. The molecule has 1 saturated heterocycles. The second kappa shape index (κ2) is 7.89. The van der Waals surface area contributed by atoms with Crippen molar-refractivity contribution in [2.45, 2.75) is 23.5 Å². The monoisotopic (exact) mass is 350 g/mol. The lowest BCUT2D eigenvalue weighted by Crippen LogP contribution is -2.47. The molecule has 1 aliphatic rings. The van der Waals surface area contributed by atoms with Crippen molar-refractivity contribution in [1.82, 2.24) is 10.2 Å². The quantitative estimate of drug-likeness (QED) is 0.829. The van der Waals surface area contributed by atoms with E-state index < -0.39 is 20.9 Å². The smallest absolute Gasteiger partial charge is 0.223 e. The third kappa shape index (κ3) is 4.41. The Balaban J connectivity index is 0.00000242. The van der Waals surface area contributed by atoms with Gasteiger partial charge >= 0.3 is 0 Å². The number of hydrogen-bond acceptors (Lipinski definition) is 4. The Morgan fingerprint density at radius 1 is 1.27 bits per heavy atom. The summed E-state index contributed by atoms with van der Waals surface area (Å²) < 4.78 is 37.6. The molecule has 1 heterocycles. The predicted octanol–water partition coefficient (Wildman–Crippen LogP) is 1.23. The number of amides is 1. The molecule has 1 fully saturated rings. The Morgan fingerprint density at radius 3 is 2.36 bits per heavy atom. The van der Waals surface area contributed by atoms with Crippen LogP contribution in [0.25, 0.3) is 0 Å². The van der Waals surface area contributed by atoms with Gasteiger partial charge in [0, 0.05) is 32.6 Å². The summed E-state index contributed by atoms with van der Waals surface area (Å²) in [6.45, 7) is 4.17. The van der Waals surface area contributed by atoms with Gasteiger partial charge in [-0.1, -0.05) is 0 Å². The number of nitrogens with zero attached hydrogens (tertiary/aromatic N) is 1. The number of nitrogens with one attached hydrogen (secondary N) is 1. The number of carbonyl (C=O) groups excluding carboxylic acids is 1. The Labute approximate surface area is 136 Å². The Kier molecular flexibility index (Phi) is 6.77. The van der Waals surface area contributed by atoms with Crippen molar-refractivity contribution in [3.8, 4) is 0 Å². The third-order valence-corrected chi connectivity index (χ3v) is 5.76. The molecule has 1 amide bonds. The number of piperazine rings is 1. The van der Waals surface area contributed by atoms with Crippen LogP contribution in [0.4, 0.5) is 4.39 Å². The van der Waals surface area contributed by atoms with E-state index in [9.17, 15) is 17.6 Å². The number of sulfone groups is 1. The fourth-order valence-corrected chi connectivity index (χ4v) is 3.60. The van der Waals surface area contributed by atoms with Gasteiger partial charge in [0.25, 0.3) is 0 Å². The highest BCUT2D eigenvalue weighted by molar-refractivity contribution is 7.92. The van der Waals surface area contributed by atoms with Crippen LogP contribution in [0, 0.1) is 5.82 Å². The minimum absolute atomic E-state index is 0. The minimum Gasteiger partial charge on any atom is -0.340 e. The molecule has 124 valence electrons. The van der Waals surface area contributed by atoms with Crippen LogP contribution in [0.1, 0.15) is 13.3 Å². The molecule has 1 aromatic carbocycles. The summed E-state index contributed by atoms with van der Waals surface area (Å²) in [6, 6.07) is 4.68. The van der Waals surface area contributed by atoms with Gasteiger partial charge < -0.3 is 10.2 Å². The second-order valence-electron chi connectivity index (χ2n) is 5.14. The molecule has 1 N–H and O–H groups in total. The van der Waals surface area contributed by atoms with Crippen LogP contribution in [0.5, 0.6) is 0 Å². The van der Waals surface area contributed by atoms with Gasteiger partial charge in [-0.3, -0.25) is 4.79 Å². The Bertz CT molecular complexity index is 601. The van der Waals surface area contributed by atoms with Crippen molar-refractivity contribution in [2.24, 2.45) is 0 Å². The van der Waals surface area contributed by atoms with Crippen LogP contribution in [0.15, 0.2) is 29.2 Å². The topological polar surface area (TPSA) is 66.5 Å². The van der Waals surface area contributed by atoms with Crippen molar-refractivity contribution in [2.75, 3.05) is 26.2 Å². The van der Waals surface area contributed by atoms with Gasteiger partial charge in [0.2, 0.25) is 5.91 Å². The Morgan fingerprint density at radius 2 is 1.82 bits per heavy atom. The molecule has 2 rings (SSSR count). The van der Waals surface area contributed by atoms with E-state index in [2.05, 4.69) is 5.32 Å². The first-order valence-electron chi connectivity index (χ1n) is 6.89. The largest absolute Gasteiger partial charge is 0.340 e. The molecular weight excluding hydrogens is 331 g/mol. The summed E-state index contributed by atoms with van der Waals surface area (Å²) in [4.78, 5) is 13.8. The van der Waals surface area contributed by atoms with E-state index in [1.54, 1.807) is 4.90 Å². The molecule has 0 spiro atoms. The van der Waals surface area contributed by atoms with E-state index in [0.29, 0.717) is 13.1 Å². The summed E-state index contributed by atoms with van der Waals surface area (Å²) in [5, 5.41) is 2.31. The predicted molar refractivity (Wildman–Crippen MR) is 84.4 cm³/mol. The maximum atomic E-state index is 12.9. The fraction of sp³-hybridized carbons (Fsp3) is 0.500. The zero-order chi connectivity index (χ0) is 15.5. The van der Waals surface area contributed by atoms with Crippen LogP contribution in [0.3, 0.4) is 0 Å². The molecule has 1 unspecified atom stereocenters. The van der Waals surface area contributed by atoms with Crippen molar-refractivity contribution in [3.05, 3.63) is 30.1 Å². The number of hydrogen-bond donors (Lipinski definition) is 1. The highest BCUT2D eigenvalue weighted by Crippen LogP contribution is 2.19. The molecule has 1 aromatic rings. The van der Waals surface area contributed by atoms with Crippen LogP contribution in [0.2, 0.25) is 0 Å². The first kappa shape index (κ1) is 18.9. The van der Waals surface area contributed by atoms with Gasteiger partial charge in [0.15, 0.2) is 9.84 Å². The first-order valence-corrected chi connectivity index (χ1v) is 8.44. The molecule has 1 aliphatic heterocycles. The SMILES string of the molecule is CC(CC(=O)N1CCNCC1)S(=O)(=O)c1ccc(F)cc1.Cl. The van der Waals surface area contributed by atoms with Crippen LogP contribution >= 0.6 is 12.4 Å². The lowest BCUT2D eigenvalue weighted by Gasteiger charge is -2.28. The molecule has 8 heteroatoms. The third-order valence-electron chi connectivity index (χ3n) is 3.60. The summed E-state index contributed by atoms with van der Waals surface area (Å²) in [6.07, 6.45) is -0.0558. The van der Waals surface area contributed by atoms with Crippen LogP contribution in [-0.4, -0.2) is 50.7 Å². The normalized spacial score (nSPS) is 16.7. The number of halogens is 2. The second-order valence-corrected chi connectivity index (χ2v) is 7.51. The first-order chi connectivity index (χ1) is 9.91. The van der Waals surface area contributed by atoms with Gasteiger partial charge in [-0.05, 0) is 31.2 Å². The zero-order valence-electron chi connectivity index (χ0n) is 12.3. The van der Waals surface area contributed by atoms with Gasteiger partial charge in [0.05, 0.1) is 10.1 Å². The summed E-state index contributed by atoms with van der Waals surface area (Å²) in [5.74, 6) is -0.645. The molecule has 1 atom stereocenters. The highest BCUT2D eigenvalue weighted by atomic mass is 35.5. The lowest BCUT2D eigenvalue weighted by molar-refractivity contribution is -0.131. The number of carbonyl (C=O) groups is 1. The highest BCUT2D eigenvalue weighted by Gasteiger charge is 2.28. The van der Waals surface area contributed by atoms with E-state index in [-0.39, 0.29) is 29.6 Å². The van der Waals surface area contributed by atoms with Gasteiger partial charge in [0.1, 0.15) is 5.82 Å². The maximum absolute atomic E-state index is 12.9. The van der Waals surface area contributed by atoms with Crippen LogP contribution < -0.4 is 5.32 Å². The van der Waals surface area contributed by atoms with E-state index >= 15 is 0 Å². The molecule has 0 radical (unpaired) electrons. The Hall–Kier alpha value is -1.18. The molecule has 0 aromatic heterocycles. The average molecular weight is 351 g/mol. The molecule has 22 heavy (non-hydrogen) atoms. The van der Waals surface area contributed by atoms with Gasteiger partial charge in [-0.15, -0.1) is 12.4 Å². The molecule has 0 aliphatic carbocycles. The van der Waals surface area contributed by atoms with E-state index in [1.807, 2.05) is 0 Å². The lowest BCUT2D eigenvalue weighted by atomic mass is 10.2. The van der Waals surface area contributed by atoms with Crippen LogP contribution in [-0.2, 0) is 14.6 Å². The van der Waals surface area contributed by atoms with E-state index in [0.717, 1.165) is 25.2 Å². The maximum Gasteiger partial charge on any atom is 0.223 e. The molecule has 0 saturated carbocycles. The standard InChI is InChI=1S/C14H19FN2O3S.ClH/c1-11(10-14(18)17-8-6-16-7-9-17)21(19,20)13-4-2-12(15)3-5-13;/h2-5,11,16H,6-10H2,1H3;1H. The number of rotatable bonds is 4. The fourth-order valence-electron chi connectivity index (χ4n) is 2.26. The average Bonchev–Trinajstić information content (AvgIpc) is 2.48. The van der Waals surface area contributed by atoms with E-state index in [1.165, 1.54) is 19.1 Å². The van der Waals surface area contributed by atoms with Gasteiger partial charge in [-0.2, -0.15) is 0 Å². The summed E-state index contributed by atoms with van der Waals surface area (Å²) in [7, 11) is -3.62. The number of benzene rings is 1. The summed E-state index contributed by atoms with van der Waals surface area (Å²) in [5.41, 5.74) is 0. The summed E-state index contributed by atoms with van der Waals surface area (Å²) >= 11 is 0.